The first-order valence-electron chi connectivity index (χ1n) is 6.25. The molecule has 2 nitrogen and oxygen atoms in total. The van der Waals surface area contributed by atoms with Crippen molar-refractivity contribution in [3.8, 4) is 0 Å². The molecule has 0 saturated heterocycles. The van der Waals surface area contributed by atoms with Crippen LogP contribution in [0.5, 0.6) is 0 Å². The molecule has 0 aromatic carbocycles. The van der Waals surface area contributed by atoms with Gasteiger partial charge in [0, 0.05) is 19.6 Å². The van der Waals surface area contributed by atoms with Crippen molar-refractivity contribution >= 4 is 0 Å². The van der Waals surface area contributed by atoms with Crippen LogP contribution in [-0.2, 0) is 4.74 Å². The quantitative estimate of drug-likeness (QED) is 0.617. The van der Waals surface area contributed by atoms with Crippen LogP contribution in [0.15, 0.2) is 0 Å². The predicted octanol–water partition coefficient (Wildman–Crippen LogP) is 3.03. The largest absolute Gasteiger partial charge is 0.377 e. The van der Waals surface area contributed by atoms with Gasteiger partial charge in [0.25, 0.3) is 0 Å². The van der Waals surface area contributed by atoms with E-state index in [1.807, 2.05) is 0 Å². The third kappa shape index (κ3) is 10.2. The predicted molar refractivity (Wildman–Crippen MR) is 67.2 cm³/mol. The highest BCUT2D eigenvalue weighted by molar-refractivity contribution is 4.62. The van der Waals surface area contributed by atoms with Crippen LogP contribution >= 0.6 is 0 Å². The molecule has 2 heteroatoms. The molecular weight excluding hydrogens is 186 g/mol. The summed E-state index contributed by atoms with van der Waals surface area (Å²) in [4.78, 5) is 2.51. The Labute approximate surface area is 96.0 Å². The van der Waals surface area contributed by atoms with E-state index in [-0.39, 0.29) is 0 Å². The van der Waals surface area contributed by atoms with Crippen LogP contribution in [-0.4, -0.2) is 37.2 Å². The monoisotopic (exact) mass is 215 g/mol. The van der Waals surface area contributed by atoms with Crippen molar-refractivity contribution in [2.24, 2.45) is 11.8 Å². The van der Waals surface area contributed by atoms with Crippen LogP contribution in [0.1, 0.15) is 41.5 Å². The van der Waals surface area contributed by atoms with Crippen LogP contribution in [0, 0.1) is 11.8 Å². The summed E-state index contributed by atoms with van der Waals surface area (Å²) in [5.41, 5.74) is 0. The second kappa shape index (κ2) is 8.12. The van der Waals surface area contributed by atoms with Crippen LogP contribution in [0.3, 0.4) is 0 Å². The fourth-order valence-electron chi connectivity index (χ4n) is 1.71. The van der Waals surface area contributed by atoms with E-state index in [4.69, 9.17) is 4.74 Å². The average Bonchev–Trinajstić information content (AvgIpc) is 2.00. The smallest absolute Gasteiger partial charge is 0.0596 e. The second-order valence-corrected chi connectivity index (χ2v) is 5.47. The van der Waals surface area contributed by atoms with Crippen molar-refractivity contribution in [1.82, 2.24) is 4.90 Å². The van der Waals surface area contributed by atoms with Gasteiger partial charge in [0.1, 0.15) is 0 Å². The molecule has 0 bridgehead atoms. The third-order valence-electron chi connectivity index (χ3n) is 2.11. The Morgan fingerprint density at radius 3 is 1.67 bits per heavy atom. The standard InChI is InChI=1S/C13H29NO/c1-11(2)9-14(10-12(3)4)7-8-15-13(5)6/h11-13H,7-10H2,1-6H3. The maximum atomic E-state index is 5.59. The fourth-order valence-corrected chi connectivity index (χ4v) is 1.71. The first-order chi connectivity index (χ1) is 6.91. The van der Waals surface area contributed by atoms with E-state index in [1.165, 1.54) is 13.1 Å². The molecule has 0 aliphatic rings. The minimum atomic E-state index is 0.352. The third-order valence-corrected chi connectivity index (χ3v) is 2.11. The topological polar surface area (TPSA) is 12.5 Å². The number of hydrogen-bond acceptors (Lipinski definition) is 2. The Morgan fingerprint density at radius 2 is 1.33 bits per heavy atom. The van der Waals surface area contributed by atoms with Gasteiger partial charge in [-0.2, -0.15) is 0 Å². The molecule has 0 aliphatic carbocycles. The highest BCUT2D eigenvalue weighted by atomic mass is 16.5. The molecule has 15 heavy (non-hydrogen) atoms. The van der Waals surface area contributed by atoms with Gasteiger partial charge in [-0.15, -0.1) is 0 Å². The summed E-state index contributed by atoms with van der Waals surface area (Å²) in [5.74, 6) is 1.48. The molecule has 0 fully saturated rings. The molecule has 0 aromatic heterocycles. The first kappa shape index (κ1) is 14.9. The zero-order valence-electron chi connectivity index (χ0n) is 11.4. The van der Waals surface area contributed by atoms with E-state index < -0.39 is 0 Å². The summed E-state index contributed by atoms with van der Waals surface area (Å²) in [6.45, 7) is 17.6. The Hall–Kier alpha value is -0.0800. The molecule has 0 heterocycles. The molecule has 0 aliphatic heterocycles. The van der Waals surface area contributed by atoms with Crippen LogP contribution < -0.4 is 0 Å². The molecule has 0 radical (unpaired) electrons. The van der Waals surface area contributed by atoms with Crippen molar-refractivity contribution in [2.45, 2.75) is 47.6 Å². The first-order valence-corrected chi connectivity index (χ1v) is 6.25. The highest BCUT2D eigenvalue weighted by Crippen LogP contribution is 2.03. The van der Waals surface area contributed by atoms with E-state index in [0.717, 1.165) is 25.0 Å². The molecule has 92 valence electrons. The molecule has 0 spiro atoms. The molecule has 0 aromatic rings. The van der Waals surface area contributed by atoms with Gasteiger partial charge in [-0.1, -0.05) is 27.7 Å². The van der Waals surface area contributed by atoms with Gasteiger partial charge in [-0.3, -0.25) is 0 Å². The summed E-state index contributed by atoms with van der Waals surface area (Å²) >= 11 is 0. The fraction of sp³-hybridized carbons (Fsp3) is 1.00. The van der Waals surface area contributed by atoms with Gasteiger partial charge in [0.05, 0.1) is 12.7 Å². The summed E-state index contributed by atoms with van der Waals surface area (Å²) in [7, 11) is 0. The Balaban J connectivity index is 3.79. The van der Waals surface area contributed by atoms with Crippen molar-refractivity contribution in [3.05, 3.63) is 0 Å². The number of rotatable bonds is 8. The van der Waals surface area contributed by atoms with E-state index in [2.05, 4.69) is 46.4 Å². The number of ether oxygens (including phenoxy) is 1. The maximum absolute atomic E-state index is 5.59. The average molecular weight is 215 g/mol. The van der Waals surface area contributed by atoms with Crippen molar-refractivity contribution in [1.29, 1.82) is 0 Å². The van der Waals surface area contributed by atoms with Crippen LogP contribution in [0.2, 0.25) is 0 Å². The van der Waals surface area contributed by atoms with Crippen molar-refractivity contribution in [3.63, 3.8) is 0 Å². The van der Waals surface area contributed by atoms with Gasteiger partial charge in [-0.05, 0) is 25.7 Å². The lowest BCUT2D eigenvalue weighted by atomic mass is 10.1. The van der Waals surface area contributed by atoms with Crippen LogP contribution in [0.25, 0.3) is 0 Å². The Kier molecular flexibility index (Phi) is 8.07. The minimum absolute atomic E-state index is 0.352. The molecule has 0 N–H and O–H groups in total. The molecular formula is C13H29NO. The maximum Gasteiger partial charge on any atom is 0.0596 e. The van der Waals surface area contributed by atoms with Gasteiger partial charge < -0.3 is 9.64 Å². The number of nitrogens with zero attached hydrogens (tertiary/aromatic N) is 1. The summed E-state index contributed by atoms with van der Waals surface area (Å²) in [5, 5.41) is 0. The van der Waals surface area contributed by atoms with E-state index in [1.54, 1.807) is 0 Å². The van der Waals surface area contributed by atoms with E-state index in [9.17, 15) is 0 Å². The molecule has 0 saturated carbocycles. The SMILES string of the molecule is CC(C)CN(CCOC(C)C)CC(C)C. The van der Waals surface area contributed by atoms with E-state index >= 15 is 0 Å². The van der Waals surface area contributed by atoms with Gasteiger partial charge >= 0.3 is 0 Å². The zero-order valence-corrected chi connectivity index (χ0v) is 11.4. The summed E-state index contributed by atoms with van der Waals surface area (Å²) < 4.78 is 5.59. The molecule has 0 unspecified atom stereocenters. The van der Waals surface area contributed by atoms with Crippen molar-refractivity contribution in [2.75, 3.05) is 26.2 Å². The lowest BCUT2D eigenvalue weighted by Gasteiger charge is -2.26. The molecule has 0 amide bonds. The molecule has 0 atom stereocenters. The summed E-state index contributed by atoms with van der Waals surface area (Å²) in [6.07, 6.45) is 0.352. The zero-order chi connectivity index (χ0) is 11.8. The lowest BCUT2D eigenvalue weighted by Crippen LogP contribution is -2.34. The second-order valence-electron chi connectivity index (χ2n) is 5.47. The van der Waals surface area contributed by atoms with Gasteiger partial charge in [0.2, 0.25) is 0 Å². The Bertz CT molecular complexity index is 133. The Morgan fingerprint density at radius 1 is 0.867 bits per heavy atom. The van der Waals surface area contributed by atoms with Crippen LogP contribution in [0.4, 0.5) is 0 Å². The van der Waals surface area contributed by atoms with Crippen molar-refractivity contribution < 1.29 is 4.74 Å². The highest BCUT2D eigenvalue weighted by Gasteiger charge is 2.09. The van der Waals surface area contributed by atoms with Gasteiger partial charge in [0.15, 0.2) is 0 Å². The normalized spacial score (nSPS) is 12.4. The molecule has 0 rings (SSSR count). The lowest BCUT2D eigenvalue weighted by molar-refractivity contribution is 0.0541. The van der Waals surface area contributed by atoms with Gasteiger partial charge in [-0.25, -0.2) is 0 Å². The summed E-state index contributed by atoms with van der Waals surface area (Å²) in [6, 6.07) is 0. The van der Waals surface area contributed by atoms with E-state index in [0.29, 0.717) is 6.10 Å². The minimum Gasteiger partial charge on any atom is -0.377 e. The number of hydrogen-bond donors (Lipinski definition) is 0.